The van der Waals surface area contributed by atoms with E-state index >= 15 is 0 Å². The van der Waals surface area contributed by atoms with E-state index in [2.05, 4.69) is 51.7 Å². The van der Waals surface area contributed by atoms with Crippen LogP contribution in [0, 0.1) is 0 Å². The van der Waals surface area contributed by atoms with Crippen molar-refractivity contribution in [2.45, 2.75) is 86.4 Å². The van der Waals surface area contributed by atoms with E-state index in [4.69, 9.17) is 0 Å². The fraction of sp³-hybridized carbons (Fsp3) is 0.824. The Morgan fingerprint density at radius 3 is 1.15 bits per heavy atom. The Labute approximate surface area is 193 Å². The van der Waals surface area contributed by atoms with E-state index in [1.807, 2.05) is 0 Å². The van der Waals surface area contributed by atoms with Crippen LogP contribution in [0.2, 0.25) is 3.93 Å². The van der Waals surface area contributed by atoms with E-state index in [1.165, 1.54) is 52.9 Å². The summed E-state index contributed by atoms with van der Waals surface area (Å²) < 4.78 is 0.994. The number of carbonyl (C=O) groups excluding carboxylic acids is 3. The zero-order chi connectivity index (χ0) is 22.6. The minimum absolute atomic E-state index is 0.648. The van der Waals surface area contributed by atoms with Gasteiger partial charge < -0.3 is 29.7 Å². The summed E-state index contributed by atoms with van der Waals surface area (Å²) in [5.74, 6) is -3.38. The van der Waals surface area contributed by atoms with Crippen LogP contribution in [0.4, 0.5) is 0 Å². The second-order valence-corrected chi connectivity index (χ2v) is 10.9. The van der Waals surface area contributed by atoms with Crippen molar-refractivity contribution in [1.29, 1.82) is 0 Å². The van der Waals surface area contributed by atoms with Gasteiger partial charge in [0, 0.05) is 15.7 Å². The van der Waals surface area contributed by atoms with Crippen molar-refractivity contribution >= 4 is 78.3 Å². The first-order chi connectivity index (χ1) is 12.2. The molecule has 0 radical (unpaired) electrons. The van der Waals surface area contributed by atoms with Crippen molar-refractivity contribution in [2.75, 3.05) is 0 Å². The van der Waals surface area contributed by atoms with Gasteiger partial charge in [0.15, 0.2) is 0 Å². The van der Waals surface area contributed by atoms with Crippen LogP contribution >= 0.6 is 37.9 Å². The molecule has 0 aliphatic carbocycles. The molecule has 4 atom stereocenters. The predicted molar refractivity (Wildman–Crippen MR) is 114 cm³/mol. The first-order valence-corrected chi connectivity index (χ1v) is 11.8. The third-order valence-corrected chi connectivity index (χ3v) is 3.97. The van der Waals surface area contributed by atoms with Gasteiger partial charge in [-0.3, -0.25) is 0 Å². The van der Waals surface area contributed by atoms with E-state index in [9.17, 15) is 29.7 Å². The number of aliphatic carboxylic acids is 3. The molecule has 0 saturated heterocycles. The molecule has 0 aromatic heterocycles. The zero-order valence-electron chi connectivity index (χ0n) is 16.6. The van der Waals surface area contributed by atoms with Crippen LogP contribution in [0.5, 0.6) is 0 Å². The van der Waals surface area contributed by atoms with Crippen LogP contribution in [0.1, 0.15) is 66.7 Å². The van der Waals surface area contributed by atoms with Crippen LogP contribution in [0.3, 0.4) is 0 Å². The van der Waals surface area contributed by atoms with Crippen molar-refractivity contribution in [3.05, 3.63) is 0 Å². The average molecular weight is 547 g/mol. The van der Waals surface area contributed by atoms with Crippen molar-refractivity contribution in [3.8, 4) is 0 Å². The third kappa shape index (κ3) is 46.4. The van der Waals surface area contributed by atoms with Gasteiger partial charge in [0.05, 0.1) is 17.9 Å². The second-order valence-electron chi connectivity index (χ2n) is 5.74. The standard InChI is InChI=1S/C8H17.3C3H6O2S.Sn/c1-3-5-7-8-6-4-2;3*1-2(6)3(4)5;/h3H,4-8H2,1-2H3;3*2,6H,1H3,(H,4,5);/q;;;;+3/p-3. The molecule has 0 amide bonds. The molecule has 0 fully saturated rings. The molecular formula is C17H32O6S3Sn. The predicted octanol–water partition coefficient (Wildman–Crippen LogP) is 0.0975. The number of carboxylic acid groups (broad SMARTS) is 3. The Bertz CT molecular complexity index is 335. The Hall–Kier alpha value is 0.259. The Kier molecular flexibility index (Phi) is 31.3. The van der Waals surface area contributed by atoms with E-state index in [-0.39, 0.29) is 0 Å². The number of carboxylic acids is 3. The fourth-order valence-electron chi connectivity index (χ4n) is 0.877. The van der Waals surface area contributed by atoms with E-state index < -0.39 is 33.7 Å². The zero-order valence-corrected chi connectivity index (χ0v) is 22.2. The fourth-order valence-corrected chi connectivity index (χ4v) is 1.46. The van der Waals surface area contributed by atoms with Crippen molar-refractivity contribution < 1.29 is 29.7 Å². The van der Waals surface area contributed by atoms with Crippen molar-refractivity contribution in [2.24, 2.45) is 0 Å². The number of rotatable bonds is 8. The van der Waals surface area contributed by atoms with Gasteiger partial charge in [-0.25, -0.2) is 0 Å². The van der Waals surface area contributed by atoms with E-state index in [0.717, 1.165) is 3.93 Å². The van der Waals surface area contributed by atoms with Gasteiger partial charge in [-0.15, -0.1) is 0 Å². The molecule has 4 unspecified atom stereocenters. The SMILES string of the molecule is CC(S)C(=O)[O-].CC(S)C(=O)[O-].CC(S)C(=O)[O-].CCCCCC[CH](C)[Sn+3]. The minimum atomic E-state index is -1.13. The van der Waals surface area contributed by atoms with Crippen LogP contribution in [-0.2, 0) is 14.4 Å². The number of hydrogen-bond donors (Lipinski definition) is 3. The molecule has 0 aromatic carbocycles. The van der Waals surface area contributed by atoms with Crippen molar-refractivity contribution in [3.63, 3.8) is 0 Å². The van der Waals surface area contributed by atoms with Gasteiger partial charge in [-0.05, 0) is 20.8 Å². The molecule has 0 N–H and O–H groups in total. The topological polar surface area (TPSA) is 120 Å². The van der Waals surface area contributed by atoms with Crippen LogP contribution in [0.15, 0.2) is 0 Å². The summed E-state index contributed by atoms with van der Waals surface area (Å²) in [6, 6.07) is 0. The average Bonchev–Trinajstić information content (AvgIpc) is 2.52. The molecule has 0 rings (SSSR count). The number of hydrogen-bond acceptors (Lipinski definition) is 9. The molecule has 0 aliphatic rings. The summed E-state index contributed by atoms with van der Waals surface area (Å²) in [4.78, 5) is 28.5. The summed E-state index contributed by atoms with van der Waals surface area (Å²) in [7, 11) is 0. The second kappa shape index (κ2) is 24.3. The van der Waals surface area contributed by atoms with Gasteiger partial charge >= 0.3 is 72.4 Å². The summed E-state index contributed by atoms with van der Waals surface area (Å²) in [5.41, 5.74) is 0. The number of carbonyl (C=O) groups is 3. The molecule has 158 valence electrons. The van der Waals surface area contributed by atoms with Crippen LogP contribution in [-0.4, -0.2) is 56.2 Å². The van der Waals surface area contributed by atoms with Crippen LogP contribution < -0.4 is 15.3 Å². The van der Waals surface area contributed by atoms with Gasteiger partial charge in [0.1, 0.15) is 0 Å². The Morgan fingerprint density at radius 2 is 1.00 bits per heavy atom. The summed E-state index contributed by atoms with van der Waals surface area (Å²) >= 11 is 12.3. The summed E-state index contributed by atoms with van der Waals surface area (Å²) in [6.45, 7) is 8.93. The van der Waals surface area contributed by atoms with Gasteiger partial charge in [-0.1, -0.05) is 0 Å². The quantitative estimate of drug-likeness (QED) is 0.225. The van der Waals surface area contributed by atoms with Gasteiger partial charge in [0.25, 0.3) is 0 Å². The summed E-state index contributed by atoms with van der Waals surface area (Å²) in [6.07, 6.45) is 7.17. The maximum absolute atomic E-state index is 9.51. The number of thiol groups is 3. The number of unbranched alkanes of at least 4 members (excludes halogenated alkanes) is 3. The molecule has 0 spiro atoms. The first-order valence-electron chi connectivity index (χ1n) is 8.58. The third-order valence-electron chi connectivity index (χ3n) is 2.51. The van der Waals surface area contributed by atoms with Gasteiger partial charge in [-0.2, -0.15) is 37.9 Å². The van der Waals surface area contributed by atoms with Crippen LogP contribution in [0.25, 0.3) is 0 Å². The molecule has 0 aliphatic heterocycles. The normalized spacial score (nSPS) is 13.7. The Balaban J connectivity index is -0.000000133. The maximum atomic E-state index is 9.51. The monoisotopic (exact) mass is 548 g/mol. The molecule has 0 bridgehead atoms. The molecule has 0 aromatic rings. The molecule has 27 heavy (non-hydrogen) atoms. The molecule has 0 saturated carbocycles. The molecule has 10 heteroatoms. The Morgan fingerprint density at radius 1 is 0.741 bits per heavy atom. The first kappa shape index (κ1) is 34.7. The van der Waals surface area contributed by atoms with Crippen molar-refractivity contribution in [1.82, 2.24) is 0 Å². The molecule has 6 nitrogen and oxygen atoms in total. The molecule has 0 heterocycles. The van der Waals surface area contributed by atoms with E-state index in [0.29, 0.717) is 0 Å². The van der Waals surface area contributed by atoms with Gasteiger partial charge in [0.2, 0.25) is 0 Å². The van der Waals surface area contributed by atoms with E-state index in [1.54, 1.807) is 22.5 Å². The summed E-state index contributed by atoms with van der Waals surface area (Å²) in [5, 5.41) is 26.6. The molecular weight excluding hydrogens is 515 g/mol.